The molecule has 1 heterocycles. The normalized spacial score (nSPS) is 42.7. The van der Waals surface area contributed by atoms with Crippen molar-refractivity contribution in [1.29, 1.82) is 0 Å². The molecule has 0 spiro atoms. The summed E-state index contributed by atoms with van der Waals surface area (Å²) in [6.07, 6.45) is -4.73. The van der Waals surface area contributed by atoms with E-state index in [2.05, 4.69) is 0 Å². The van der Waals surface area contributed by atoms with Crippen molar-refractivity contribution in [2.75, 3.05) is 6.61 Å². The number of benzene rings is 1. The van der Waals surface area contributed by atoms with Gasteiger partial charge in [-0.25, -0.2) is 4.79 Å². The van der Waals surface area contributed by atoms with E-state index in [9.17, 15) is 29.7 Å². The number of Topliss-reactive ketones (excluding diaryl/α,β-unsaturated/α-hetero) is 1. The Balaban J connectivity index is 1.81. The summed E-state index contributed by atoms with van der Waals surface area (Å²) >= 11 is 0. The molecule has 9 heteroatoms. The van der Waals surface area contributed by atoms with Gasteiger partial charge in [-0.15, -0.1) is 0 Å². The van der Waals surface area contributed by atoms with Crippen molar-refractivity contribution in [1.82, 2.24) is 0 Å². The van der Waals surface area contributed by atoms with Crippen molar-refractivity contribution in [2.24, 2.45) is 22.7 Å². The number of hydrogen-bond donors (Lipinski definition) is 3. The van der Waals surface area contributed by atoms with E-state index >= 15 is 0 Å². The van der Waals surface area contributed by atoms with E-state index in [4.69, 9.17) is 14.2 Å². The quantitative estimate of drug-likeness (QED) is 0.388. The van der Waals surface area contributed by atoms with Crippen LogP contribution in [0.5, 0.6) is 0 Å². The first kappa shape index (κ1) is 28.0. The summed E-state index contributed by atoms with van der Waals surface area (Å²) in [4.78, 5) is 40.6. The third kappa shape index (κ3) is 3.63. The molecule has 9 atom stereocenters. The zero-order chi connectivity index (χ0) is 28.7. The molecule has 9 nitrogen and oxygen atoms in total. The van der Waals surface area contributed by atoms with Gasteiger partial charge in [-0.3, -0.25) is 9.59 Å². The van der Waals surface area contributed by atoms with Gasteiger partial charge < -0.3 is 29.5 Å². The fraction of sp³-hybridized carbons (Fsp3) is 0.633. The van der Waals surface area contributed by atoms with E-state index < -0.39 is 70.2 Å². The number of rotatable bonds is 3. The molecule has 0 aromatic heterocycles. The van der Waals surface area contributed by atoms with Gasteiger partial charge in [0.2, 0.25) is 0 Å². The summed E-state index contributed by atoms with van der Waals surface area (Å²) in [6.45, 7) is 9.78. The predicted octanol–water partition coefficient (Wildman–Crippen LogP) is 2.36. The zero-order valence-corrected chi connectivity index (χ0v) is 23.3. The van der Waals surface area contributed by atoms with Gasteiger partial charge in [-0.2, -0.15) is 0 Å². The van der Waals surface area contributed by atoms with Crippen LogP contribution in [0.1, 0.15) is 64.7 Å². The Morgan fingerprint density at radius 2 is 1.74 bits per heavy atom. The molecule has 3 fully saturated rings. The number of hydrogen-bond acceptors (Lipinski definition) is 9. The number of carbonyl (C=O) groups is 3. The highest BCUT2D eigenvalue weighted by Gasteiger charge is 2.77. The summed E-state index contributed by atoms with van der Waals surface area (Å²) < 4.78 is 17.9. The van der Waals surface area contributed by atoms with Gasteiger partial charge in [0.1, 0.15) is 23.6 Å². The number of fused-ring (bicyclic) bond motifs is 5. The van der Waals surface area contributed by atoms with Crippen LogP contribution in [0, 0.1) is 22.7 Å². The van der Waals surface area contributed by atoms with Crippen LogP contribution in [0.3, 0.4) is 0 Å². The summed E-state index contributed by atoms with van der Waals surface area (Å²) in [5, 5.41) is 35.5. The molecule has 1 aromatic carbocycles. The first-order valence-corrected chi connectivity index (χ1v) is 13.5. The van der Waals surface area contributed by atoms with Crippen LogP contribution in [-0.4, -0.2) is 75.3 Å². The van der Waals surface area contributed by atoms with Crippen LogP contribution in [-0.2, 0) is 23.8 Å². The largest absolute Gasteiger partial charge is 0.455 e. The summed E-state index contributed by atoms with van der Waals surface area (Å²) in [5.41, 5.74) is -4.73. The van der Waals surface area contributed by atoms with Gasteiger partial charge in [-0.05, 0) is 37.1 Å². The molecule has 3 aliphatic carbocycles. The Labute approximate surface area is 228 Å². The number of carbonyl (C=O) groups excluding carboxylic acids is 3. The Kier molecular flexibility index (Phi) is 6.42. The lowest BCUT2D eigenvalue weighted by Crippen LogP contribution is -2.81. The van der Waals surface area contributed by atoms with Gasteiger partial charge in [0.05, 0.1) is 35.7 Å². The van der Waals surface area contributed by atoms with Crippen LogP contribution in [0.15, 0.2) is 41.5 Å². The van der Waals surface area contributed by atoms with Crippen molar-refractivity contribution in [3.63, 3.8) is 0 Å². The van der Waals surface area contributed by atoms with Gasteiger partial charge in [-0.1, -0.05) is 39.0 Å². The standard InChI is InChI=1S/C30H38O9/c1-15-19(32)13-30(36)25(38-26(35)18-10-8-7-9-11-18)23-28(6,24(34)16(2)22(15)27(30,4)5)20(33)12-21-29(23,14-37-21)39-17(3)31/h7-11,16,19-21,23,25,32-33,36H,12-14H2,1-6H3/t16-,19?,20?,21?,23?,25?,28-,29?,30?/m1/s1. The molecule has 0 radical (unpaired) electrons. The fourth-order valence-electron chi connectivity index (χ4n) is 8.16. The minimum absolute atomic E-state index is 0.0283. The van der Waals surface area contributed by atoms with E-state index in [1.54, 1.807) is 65.0 Å². The number of aliphatic hydroxyl groups is 3. The SMILES string of the molecule is CC(=O)OC12COC1CC(O)[C@@]1(C)C(=O)[C@H](C)C3=C(C)C(O)CC(O)(C(OC(=O)c4ccccc4)C21)C3(C)C. The number of ketones is 1. The molecule has 7 unspecified atom stereocenters. The summed E-state index contributed by atoms with van der Waals surface area (Å²) in [7, 11) is 0. The lowest BCUT2D eigenvalue weighted by Gasteiger charge is -2.67. The molecule has 2 bridgehead atoms. The Bertz CT molecular complexity index is 1240. The molecule has 3 N–H and O–H groups in total. The van der Waals surface area contributed by atoms with Crippen LogP contribution in [0.4, 0.5) is 0 Å². The summed E-state index contributed by atoms with van der Waals surface area (Å²) in [6, 6.07) is 8.26. The minimum Gasteiger partial charge on any atom is -0.455 e. The van der Waals surface area contributed by atoms with Gasteiger partial charge in [0, 0.05) is 31.1 Å². The highest BCUT2D eigenvalue weighted by molar-refractivity contribution is 5.92. The average molecular weight is 543 g/mol. The second-order valence-electron chi connectivity index (χ2n) is 12.5. The molecule has 39 heavy (non-hydrogen) atoms. The Morgan fingerprint density at radius 3 is 2.31 bits per heavy atom. The van der Waals surface area contributed by atoms with Gasteiger partial charge in [0.15, 0.2) is 5.60 Å². The maximum atomic E-state index is 14.5. The van der Waals surface area contributed by atoms with Crippen LogP contribution >= 0.6 is 0 Å². The predicted molar refractivity (Wildman–Crippen MR) is 138 cm³/mol. The maximum absolute atomic E-state index is 14.5. The Morgan fingerprint density at radius 1 is 1.10 bits per heavy atom. The monoisotopic (exact) mass is 542 g/mol. The van der Waals surface area contributed by atoms with Gasteiger partial charge in [0.25, 0.3) is 0 Å². The van der Waals surface area contributed by atoms with E-state index in [1.807, 2.05) is 0 Å². The van der Waals surface area contributed by atoms with E-state index in [0.717, 1.165) is 0 Å². The molecular formula is C30H38O9. The van der Waals surface area contributed by atoms with Crippen molar-refractivity contribution < 1.29 is 43.9 Å². The molecule has 1 saturated heterocycles. The lowest BCUT2D eigenvalue weighted by atomic mass is 9.43. The van der Waals surface area contributed by atoms with E-state index in [1.165, 1.54) is 6.92 Å². The molecule has 1 aliphatic heterocycles. The minimum atomic E-state index is -1.91. The number of esters is 2. The number of aliphatic hydroxyl groups excluding tert-OH is 2. The highest BCUT2D eigenvalue weighted by Crippen LogP contribution is 2.64. The van der Waals surface area contributed by atoms with E-state index in [-0.39, 0.29) is 30.8 Å². The molecule has 2 saturated carbocycles. The molecular weight excluding hydrogens is 504 g/mol. The Hall–Kier alpha value is -2.59. The molecule has 1 aromatic rings. The van der Waals surface area contributed by atoms with Gasteiger partial charge >= 0.3 is 11.9 Å². The van der Waals surface area contributed by atoms with E-state index in [0.29, 0.717) is 11.1 Å². The highest BCUT2D eigenvalue weighted by atomic mass is 16.6. The zero-order valence-electron chi connectivity index (χ0n) is 23.3. The second kappa shape index (κ2) is 8.96. The summed E-state index contributed by atoms with van der Waals surface area (Å²) in [5.74, 6) is -3.66. The van der Waals surface area contributed by atoms with Crippen molar-refractivity contribution in [3.05, 3.63) is 47.0 Å². The first-order valence-electron chi connectivity index (χ1n) is 13.5. The molecule has 5 rings (SSSR count). The smallest absolute Gasteiger partial charge is 0.338 e. The first-order chi connectivity index (χ1) is 18.1. The third-order valence-corrected chi connectivity index (χ3v) is 10.2. The van der Waals surface area contributed by atoms with Crippen LogP contribution in [0.25, 0.3) is 0 Å². The molecule has 0 amide bonds. The molecule has 4 aliphatic rings. The van der Waals surface area contributed by atoms with Crippen molar-refractivity contribution in [3.8, 4) is 0 Å². The van der Waals surface area contributed by atoms with Crippen LogP contribution < -0.4 is 0 Å². The third-order valence-electron chi connectivity index (χ3n) is 10.2. The second-order valence-corrected chi connectivity index (χ2v) is 12.5. The lowest BCUT2D eigenvalue weighted by molar-refractivity contribution is -0.345. The van der Waals surface area contributed by atoms with Crippen LogP contribution in [0.2, 0.25) is 0 Å². The van der Waals surface area contributed by atoms with Crippen molar-refractivity contribution >= 4 is 17.7 Å². The molecule has 212 valence electrons. The fourth-order valence-corrected chi connectivity index (χ4v) is 8.16. The maximum Gasteiger partial charge on any atom is 0.338 e. The van der Waals surface area contributed by atoms with Crippen molar-refractivity contribution in [2.45, 2.75) is 90.0 Å². The average Bonchev–Trinajstić information content (AvgIpc) is 2.87. The number of ether oxygens (including phenoxy) is 3. The topological polar surface area (TPSA) is 140 Å².